The van der Waals surface area contributed by atoms with Crippen LogP contribution in [0.5, 0.6) is 0 Å². The molecule has 7 heteroatoms. The molecule has 0 aliphatic carbocycles. The van der Waals surface area contributed by atoms with Crippen LogP contribution < -0.4 is 10.6 Å². The molecule has 21 heavy (non-hydrogen) atoms. The largest absolute Gasteiger partial charge is 0.409 e. The number of aromatic nitrogens is 3. The molecule has 0 radical (unpaired) electrons. The first kappa shape index (κ1) is 14.7. The van der Waals surface area contributed by atoms with Crippen LogP contribution in [0.3, 0.4) is 0 Å². The minimum atomic E-state index is 0.0297. The van der Waals surface area contributed by atoms with Gasteiger partial charge in [0.15, 0.2) is 11.7 Å². The van der Waals surface area contributed by atoms with Crippen molar-refractivity contribution in [2.24, 2.45) is 10.9 Å². The molecule has 2 rings (SSSR count). The van der Waals surface area contributed by atoms with Gasteiger partial charge in [-0.25, -0.2) is 0 Å². The molecule has 7 nitrogen and oxygen atoms in total. The second-order valence-electron chi connectivity index (χ2n) is 4.81. The van der Waals surface area contributed by atoms with Crippen LogP contribution in [-0.2, 0) is 6.54 Å². The Morgan fingerprint density at radius 1 is 1.29 bits per heavy atom. The lowest BCUT2D eigenvalue weighted by molar-refractivity contribution is 0.318. The van der Waals surface area contributed by atoms with Crippen molar-refractivity contribution >= 4 is 11.7 Å². The number of pyridine rings is 1. The summed E-state index contributed by atoms with van der Waals surface area (Å²) in [6.45, 7) is 4.33. The van der Waals surface area contributed by atoms with Gasteiger partial charge in [0.05, 0.1) is 11.3 Å². The fraction of sp³-hybridized carbons (Fsp3) is 0.286. The van der Waals surface area contributed by atoms with E-state index in [9.17, 15) is 0 Å². The van der Waals surface area contributed by atoms with Crippen LogP contribution in [0.4, 0.5) is 5.82 Å². The Balaban J connectivity index is 2.41. The molecule has 3 N–H and O–H groups in total. The maximum Gasteiger partial charge on any atom is 0.174 e. The van der Waals surface area contributed by atoms with Crippen LogP contribution in [0.1, 0.15) is 22.4 Å². The summed E-state index contributed by atoms with van der Waals surface area (Å²) in [6, 6.07) is 3.85. The Kier molecular flexibility index (Phi) is 4.32. The lowest BCUT2D eigenvalue weighted by atomic mass is 10.1. The molecule has 0 aromatic carbocycles. The third-order valence-corrected chi connectivity index (χ3v) is 3.33. The van der Waals surface area contributed by atoms with Gasteiger partial charge in [0.1, 0.15) is 0 Å². The molecule has 0 saturated carbocycles. The minimum Gasteiger partial charge on any atom is -0.409 e. The third kappa shape index (κ3) is 3.07. The van der Waals surface area contributed by atoms with E-state index in [0.717, 1.165) is 16.8 Å². The molecule has 0 amide bonds. The van der Waals surface area contributed by atoms with Gasteiger partial charge in [-0.05, 0) is 37.1 Å². The summed E-state index contributed by atoms with van der Waals surface area (Å²) in [5.74, 6) is 0.604. The molecule has 110 valence electrons. The predicted molar refractivity (Wildman–Crippen MR) is 80.4 cm³/mol. The average Bonchev–Trinajstić information content (AvgIpc) is 2.50. The molecule has 0 unspecified atom stereocenters. The Morgan fingerprint density at radius 2 is 1.95 bits per heavy atom. The van der Waals surface area contributed by atoms with Crippen molar-refractivity contribution in [2.75, 3.05) is 11.9 Å². The second-order valence-corrected chi connectivity index (χ2v) is 4.81. The number of hydrogen-bond donors (Lipinski definition) is 2. The molecular formula is C14H18N6O. The highest BCUT2D eigenvalue weighted by molar-refractivity contribution is 6.02. The zero-order valence-corrected chi connectivity index (χ0v) is 12.3. The fourth-order valence-corrected chi connectivity index (χ4v) is 2.06. The molecule has 0 bridgehead atoms. The second kappa shape index (κ2) is 6.17. The normalized spacial score (nSPS) is 11.5. The molecule has 0 fully saturated rings. The lowest BCUT2D eigenvalue weighted by Gasteiger charge is -2.21. The van der Waals surface area contributed by atoms with Crippen molar-refractivity contribution in [1.29, 1.82) is 0 Å². The van der Waals surface area contributed by atoms with E-state index in [4.69, 9.17) is 10.9 Å². The standard InChI is InChI=1S/C14H18N6O/c1-9-10(2)17-18-14(12(9)13(15)19-21)20(3)8-11-4-6-16-7-5-11/h4-7,21H,8H2,1-3H3,(H2,15,19). The summed E-state index contributed by atoms with van der Waals surface area (Å²) < 4.78 is 0. The highest BCUT2D eigenvalue weighted by Gasteiger charge is 2.18. The Hall–Kier alpha value is -2.70. The van der Waals surface area contributed by atoms with Gasteiger partial charge in [-0.3, -0.25) is 4.98 Å². The van der Waals surface area contributed by atoms with Crippen molar-refractivity contribution in [3.63, 3.8) is 0 Å². The molecule has 0 atom stereocenters. The summed E-state index contributed by atoms with van der Waals surface area (Å²) in [5.41, 5.74) is 9.06. The number of nitrogens with zero attached hydrogens (tertiary/aromatic N) is 5. The number of oxime groups is 1. The van der Waals surface area contributed by atoms with Gasteiger partial charge in [-0.2, -0.15) is 5.10 Å². The summed E-state index contributed by atoms with van der Waals surface area (Å²) in [6.07, 6.45) is 3.47. The first-order valence-corrected chi connectivity index (χ1v) is 6.46. The predicted octanol–water partition coefficient (Wildman–Crippen LogP) is 1.22. The Bertz CT molecular complexity index is 656. The number of hydrogen-bond acceptors (Lipinski definition) is 6. The zero-order valence-electron chi connectivity index (χ0n) is 12.3. The number of amidine groups is 1. The smallest absolute Gasteiger partial charge is 0.174 e. The highest BCUT2D eigenvalue weighted by Crippen LogP contribution is 2.22. The van der Waals surface area contributed by atoms with E-state index in [-0.39, 0.29) is 5.84 Å². The quantitative estimate of drug-likeness (QED) is 0.379. The van der Waals surface area contributed by atoms with E-state index in [1.807, 2.05) is 37.9 Å². The van der Waals surface area contributed by atoms with Gasteiger partial charge in [-0.1, -0.05) is 5.16 Å². The molecule has 0 aliphatic heterocycles. The molecule has 2 heterocycles. The van der Waals surface area contributed by atoms with Crippen molar-refractivity contribution < 1.29 is 5.21 Å². The topological polar surface area (TPSA) is 101 Å². The third-order valence-electron chi connectivity index (χ3n) is 3.33. The zero-order chi connectivity index (χ0) is 15.4. The van der Waals surface area contributed by atoms with E-state index in [0.29, 0.717) is 17.9 Å². The summed E-state index contributed by atoms with van der Waals surface area (Å²) in [7, 11) is 1.88. The maximum atomic E-state index is 8.99. The molecular weight excluding hydrogens is 268 g/mol. The summed E-state index contributed by atoms with van der Waals surface area (Å²) in [5, 5.41) is 20.4. The Morgan fingerprint density at radius 3 is 2.57 bits per heavy atom. The highest BCUT2D eigenvalue weighted by atomic mass is 16.4. The van der Waals surface area contributed by atoms with Crippen molar-refractivity contribution in [2.45, 2.75) is 20.4 Å². The van der Waals surface area contributed by atoms with Gasteiger partial charge >= 0.3 is 0 Å². The van der Waals surface area contributed by atoms with Crippen molar-refractivity contribution in [3.05, 3.63) is 46.9 Å². The van der Waals surface area contributed by atoms with Crippen molar-refractivity contribution in [3.8, 4) is 0 Å². The first-order valence-electron chi connectivity index (χ1n) is 6.46. The van der Waals surface area contributed by atoms with Gasteiger partial charge in [-0.15, -0.1) is 5.10 Å². The molecule has 0 spiro atoms. The number of anilines is 1. The van der Waals surface area contributed by atoms with E-state index >= 15 is 0 Å². The molecule has 0 aliphatic rings. The molecule has 2 aromatic heterocycles. The number of nitrogens with two attached hydrogens (primary N) is 1. The summed E-state index contributed by atoms with van der Waals surface area (Å²) >= 11 is 0. The van der Waals surface area contributed by atoms with Crippen molar-refractivity contribution in [1.82, 2.24) is 15.2 Å². The van der Waals surface area contributed by atoms with E-state index in [1.54, 1.807) is 12.4 Å². The van der Waals surface area contributed by atoms with Gasteiger partial charge in [0, 0.05) is 26.0 Å². The average molecular weight is 286 g/mol. The molecule has 2 aromatic rings. The first-order chi connectivity index (χ1) is 10.0. The molecule has 0 saturated heterocycles. The van der Waals surface area contributed by atoms with Crippen LogP contribution in [-0.4, -0.2) is 33.3 Å². The van der Waals surface area contributed by atoms with Gasteiger partial charge in [0.25, 0.3) is 0 Å². The number of rotatable bonds is 4. The Labute approximate surface area is 123 Å². The van der Waals surface area contributed by atoms with Crippen LogP contribution in [0, 0.1) is 13.8 Å². The monoisotopic (exact) mass is 286 g/mol. The van der Waals surface area contributed by atoms with Crippen LogP contribution in [0.25, 0.3) is 0 Å². The lowest BCUT2D eigenvalue weighted by Crippen LogP contribution is -2.26. The van der Waals surface area contributed by atoms with Crippen LogP contribution in [0.2, 0.25) is 0 Å². The van der Waals surface area contributed by atoms with Gasteiger partial charge in [0.2, 0.25) is 0 Å². The minimum absolute atomic E-state index is 0.0297. The van der Waals surface area contributed by atoms with E-state index < -0.39 is 0 Å². The van der Waals surface area contributed by atoms with Gasteiger partial charge < -0.3 is 15.8 Å². The SMILES string of the molecule is Cc1nnc(N(C)Cc2ccncc2)c(/C(N)=N/O)c1C. The summed E-state index contributed by atoms with van der Waals surface area (Å²) in [4.78, 5) is 5.90. The van der Waals surface area contributed by atoms with Crippen LogP contribution >= 0.6 is 0 Å². The number of aryl methyl sites for hydroxylation is 1. The van der Waals surface area contributed by atoms with E-state index in [1.165, 1.54) is 0 Å². The van der Waals surface area contributed by atoms with Crippen LogP contribution in [0.15, 0.2) is 29.7 Å². The maximum absolute atomic E-state index is 8.99. The van der Waals surface area contributed by atoms with E-state index in [2.05, 4.69) is 20.3 Å². The fourth-order valence-electron chi connectivity index (χ4n) is 2.06.